The van der Waals surface area contributed by atoms with E-state index in [9.17, 15) is 47.9 Å². The van der Waals surface area contributed by atoms with Crippen LogP contribution in [0.4, 0.5) is 5.69 Å². The maximum Gasteiger partial charge on any atom is 0.227 e. The fourth-order valence-corrected chi connectivity index (χ4v) is 15.2. The lowest BCUT2D eigenvalue weighted by Gasteiger charge is -2.24. The molecule has 10 N–H and O–H groups in total. The molecule has 5 rings (SSSR count). The van der Waals surface area contributed by atoms with E-state index in [2.05, 4.69) is 63.1 Å². The molecule has 804 valence electrons. The van der Waals surface area contributed by atoms with Crippen molar-refractivity contribution in [3.05, 3.63) is 102 Å². The van der Waals surface area contributed by atoms with Gasteiger partial charge < -0.3 is 52.3 Å². The molecule has 0 aromatic heterocycles. The van der Waals surface area contributed by atoms with Crippen molar-refractivity contribution in [2.24, 2.45) is 65.1 Å². The van der Waals surface area contributed by atoms with Gasteiger partial charge in [0.15, 0.2) is 23.1 Å². The number of anilines is 1. The Morgan fingerprint density at radius 1 is 0.299 bits per heavy atom. The van der Waals surface area contributed by atoms with Crippen LogP contribution in [-0.2, 0) is 60.8 Å². The van der Waals surface area contributed by atoms with Gasteiger partial charge in [0.25, 0.3) is 0 Å². The van der Waals surface area contributed by atoms with E-state index in [1.54, 1.807) is 0 Å². The molecule has 134 heavy (non-hydrogen) atoms. The van der Waals surface area contributed by atoms with Crippen LogP contribution >= 0.6 is 0 Å². The van der Waals surface area contributed by atoms with Gasteiger partial charge in [-0.15, -0.1) is 0 Å². The largest absolute Gasteiger partial charge is 0.389 e. The number of benzene rings is 3. The van der Waals surface area contributed by atoms with Crippen LogP contribution in [-0.4, -0.2) is 137 Å². The van der Waals surface area contributed by atoms with Crippen LogP contribution in [0.3, 0.4) is 0 Å². The Labute approximate surface area is 834 Å². The highest BCUT2D eigenvalue weighted by atomic mass is 16.3. The highest BCUT2D eigenvalue weighted by Gasteiger charge is 2.28. The summed E-state index contributed by atoms with van der Waals surface area (Å²) in [6.45, 7) is 19.8. The second-order valence-electron chi connectivity index (χ2n) is 32.9. The number of hydrogen-bond acceptors (Lipinski definition) is 14. The van der Waals surface area contributed by atoms with Gasteiger partial charge in [-0.3, -0.25) is 47.9 Å². The first-order chi connectivity index (χ1) is 54.9. The van der Waals surface area contributed by atoms with E-state index < -0.39 is 19.8 Å². The van der Waals surface area contributed by atoms with Gasteiger partial charge in [0.1, 0.15) is 26.4 Å². The highest BCUT2D eigenvalue weighted by molar-refractivity contribution is 5.92. The van der Waals surface area contributed by atoms with Gasteiger partial charge >= 0.3 is 0 Å². The number of rotatable bonds is 53. The van der Waals surface area contributed by atoms with Gasteiger partial charge in [0.2, 0.25) is 35.4 Å². The Morgan fingerprint density at radius 2 is 0.552 bits per heavy atom. The average molecular weight is 1910 g/mol. The molecular weight excluding hydrogens is 1680 g/mol. The van der Waals surface area contributed by atoms with Crippen LogP contribution in [0.1, 0.15) is 447 Å². The lowest BCUT2D eigenvalue weighted by atomic mass is 9.88. The SMILES string of the molecule is C.C.C.C.C.C.C.C.C.C.C.C.C.C.C.C.C.C.C.C.CCC(CCCC(C)C(=O)CO)C(=O)NC1CCCCCCC1.CCC(CCCC(C)C(=O)CO)C(=O)NCCc1ccccc1.CCC(CCCC(CCCC(C)C(=O)CO)C(=O)NCC1CCCCC1)C(=O)Nc1ccccc1.CCC(CCCC(CCCC(C)C(=O)CO)C(=O)NCCc1ccccc1)C(=O)NC(C)C. The maximum absolute atomic E-state index is 13.1. The molecular formula is C114H234N6O14. The second-order valence-corrected chi connectivity index (χ2v) is 32.9. The molecule has 0 heterocycles. The number of aliphatic hydroxyl groups is 4. The lowest BCUT2D eigenvalue weighted by Crippen LogP contribution is -2.39. The standard InChI is InChI=1S/C29H46N2O4.C27H44N2O4.C19H29NO3.C19H35NO3.20CH4/c1-3-24(29(35)31-26-18-8-5-9-19-26)15-11-17-25(16-10-12-22(2)27(33)21-32)28(34)30-20-23-13-6-4-7-14-23;1-5-23(27(33)29-20(2)3)14-10-16-24(15-9-11-21(4)25(31)19-30)26(32)28-18-17-22-12-7-6-8-13-22;1-3-17(11-7-8-15(2)18(22)14-21)19(23)20-13-12-16-9-5-4-6-10-16;1-3-16(11-9-10-15(2)18(22)14-21)19(23)20-17-12-7-5-4-6-8-13-17;;;;;;;;;;;;;;;;;;;;/h5,8-9,18-19,22-25,32H,3-4,6-7,10-17,20-21H2,1-2H3,(H,30,34)(H,31,35);6-8,12-13,20-21,23-24,30H,5,9-11,14-19H2,1-4H3,(H,28,32)(H,29,33);4-6,9-10,15,17,21H,3,7-8,11-14H2,1-2H3,(H,20,23);15-17,21H,3-14H2,1-2H3,(H,20,23);20*1H4. The zero-order chi connectivity index (χ0) is 84.3. The van der Waals surface area contributed by atoms with Crippen LogP contribution in [0.25, 0.3) is 0 Å². The first-order valence-electron chi connectivity index (χ1n) is 44.3. The first kappa shape index (κ1) is 173. The zero-order valence-electron chi connectivity index (χ0n) is 71.9. The number of para-hydroxylation sites is 1. The lowest BCUT2D eigenvalue weighted by molar-refractivity contribution is -0.127. The summed E-state index contributed by atoms with van der Waals surface area (Å²) in [6.07, 6.45) is 33.4. The number of aliphatic hydroxyl groups excluding tert-OH is 4. The van der Waals surface area contributed by atoms with Crippen LogP contribution in [0.5, 0.6) is 0 Å². The fourth-order valence-electron chi connectivity index (χ4n) is 15.2. The van der Waals surface area contributed by atoms with Crippen molar-refractivity contribution in [1.29, 1.82) is 0 Å². The minimum Gasteiger partial charge on any atom is -0.389 e. The van der Waals surface area contributed by atoms with E-state index in [4.69, 9.17) is 20.4 Å². The molecule has 0 spiro atoms. The zero-order valence-corrected chi connectivity index (χ0v) is 71.9. The summed E-state index contributed by atoms with van der Waals surface area (Å²) in [5, 5.41) is 54.4. The Hall–Kier alpha value is -7.00. The first-order valence-corrected chi connectivity index (χ1v) is 44.3. The molecule has 10 unspecified atom stereocenters. The minimum absolute atomic E-state index is 0. The third-order valence-corrected chi connectivity index (χ3v) is 23.3. The molecule has 2 saturated carbocycles. The van der Waals surface area contributed by atoms with Gasteiger partial charge in [-0.25, -0.2) is 0 Å². The molecule has 0 aliphatic heterocycles. The fraction of sp³-hybridized carbons (Fsp3) is 0.754. The second kappa shape index (κ2) is 108. The normalized spacial score (nSPS) is 13.4. The van der Waals surface area contributed by atoms with E-state index in [-0.39, 0.29) is 279 Å². The summed E-state index contributed by atoms with van der Waals surface area (Å²) in [7, 11) is 0. The molecule has 0 saturated heterocycles. The van der Waals surface area contributed by atoms with Crippen molar-refractivity contribution in [3.8, 4) is 0 Å². The van der Waals surface area contributed by atoms with Gasteiger partial charge in [-0.2, -0.15) is 0 Å². The smallest absolute Gasteiger partial charge is 0.227 e. The summed E-state index contributed by atoms with van der Waals surface area (Å²) in [4.78, 5) is 122. The maximum atomic E-state index is 13.1. The van der Waals surface area contributed by atoms with Crippen molar-refractivity contribution >= 4 is 64.3 Å². The van der Waals surface area contributed by atoms with Crippen LogP contribution in [0.2, 0.25) is 0 Å². The minimum atomic E-state index is -0.429. The van der Waals surface area contributed by atoms with Crippen molar-refractivity contribution < 1.29 is 68.4 Å². The van der Waals surface area contributed by atoms with Crippen LogP contribution in [0.15, 0.2) is 91.0 Å². The highest BCUT2D eigenvalue weighted by Crippen LogP contribution is 2.28. The number of nitrogens with one attached hydrogen (secondary N) is 6. The summed E-state index contributed by atoms with van der Waals surface area (Å²) in [5.41, 5.74) is 3.22. The van der Waals surface area contributed by atoms with Gasteiger partial charge in [-0.1, -0.05) is 373 Å². The summed E-state index contributed by atoms with van der Waals surface area (Å²) < 4.78 is 0. The Balaban J connectivity index is -0.0000000747. The monoisotopic (exact) mass is 1910 g/mol. The number of carbonyl (C=O) groups excluding carboxylic acids is 10. The molecule has 20 heteroatoms. The molecule has 0 bridgehead atoms. The average Bonchev–Trinajstić information content (AvgIpc) is 0.907. The molecule has 3 aromatic rings. The van der Waals surface area contributed by atoms with E-state index in [1.807, 2.05) is 129 Å². The number of ketones is 4. The molecule has 3 aromatic carbocycles. The predicted octanol–water partition coefficient (Wildman–Crippen LogP) is 28.6. The van der Waals surface area contributed by atoms with E-state index in [0.717, 1.165) is 160 Å². The number of hydrogen-bond donors (Lipinski definition) is 10. The number of Topliss-reactive ketones (excluding diaryl/α,β-unsaturated/α-hetero) is 4. The molecule has 2 aliphatic carbocycles. The van der Waals surface area contributed by atoms with Crippen molar-refractivity contribution in [1.82, 2.24) is 26.6 Å². The van der Waals surface area contributed by atoms with Gasteiger partial charge in [0.05, 0.1) is 0 Å². The summed E-state index contributed by atoms with van der Waals surface area (Å²) >= 11 is 0. The molecule has 10 atom stereocenters. The summed E-state index contributed by atoms with van der Waals surface area (Å²) in [6, 6.07) is 30.2. The van der Waals surface area contributed by atoms with Crippen molar-refractivity contribution in [3.63, 3.8) is 0 Å². The molecule has 20 nitrogen and oxygen atoms in total. The van der Waals surface area contributed by atoms with Gasteiger partial charge in [-0.05, 0) is 184 Å². The molecule has 0 radical (unpaired) electrons. The Kier molecular flexibility index (Phi) is 139. The third kappa shape index (κ3) is 79.0. The quantitative estimate of drug-likeness (QED) is 0.0251. The number of carbonyl (C=O) groups is 10. The number of amides is 6. The van der Waals surface area contributed by atoms with E-state index >= 15 is 0 Å². The topological polar surface area (TPSA) is 324 Å². The van der Waals surface area contributed by atoms with Crippen molar-refractivity contribution in [2.75, 3.05) is 51.4 Å². The molecule has 2 fully saturated rings. The molecule has 6 amide bonds. The Bertz CT molecular complexity index is 3090. The summed E-state index contributed by atoms with van der Waals surface area (Å²) in [5.74, 6) is -0.257. The Morgan fingerprint density at radius 3 is 0.866 bits per heavy atom. The van der Waals surface area contributed by atoms with E-state index in [1.165, 1.54) is 75.3 Å². The van der Waals surface area contributed by atoms with Crippen molar-refractivity contribution in [2.45, 2.75) is 461 Å². The van der Waals surface area contributed by atoms with Crippen LogP contribution < -0.4 is 31.9 Å². The van der Waals surface area contributed by atoms with E-state index in [0.29, 0.717) is 44.3 Å². The predicted molar refractivity (Wildman–Crippen MR) is 593 cm³/mol. The third-order valence-electron chi connectivity index (χ3n) is 23.3. The van der Waals surface area contributed by atoms with Gasteiger partial charge in [0, 0.05) is 96.6 Å². The van der Waals surface area contributed by atoms with Crippen LogP contribution in [0, 0.1) is 65.1 Å². The molecule has 2 aliphatic rings.